The Balaban J connectivity index is 1.52. The molecule has 6 heteroatoms. The lowest BCUT2D eigenvalue weighted by Crippen LogP contribution is -2.45. The SMILES string of the molecule is FC(F)(F)c1cccc(CN2CCN(Cc3ccco3)CC2)c1. The van der Waals surface area contributed by atoms with Crippen LogP contribution in [0.3, 0.4) is 0 Å². The predicted octanol–water partition coefficient (Wildman–Crippen LogP) is 3.62. The summed E-state index contributed by atoms with van der Waals surface area (Å²) in [4.78, 5) is 4.48. The Morgan fingerprint density at radius 1 is 0.913 bits per heavy atom. The van der Waals surface area contributed by atoms with E-state index < -0.39 is 11.7 Å². The number of benzene rings is 1. The standard InChI is InChI=1S/C17H19F3N2O/c18-17(19,20)15-4-1-3-14(11-15)12-21-6-8-22(9-7-21)13-16-5-2-10-23-16/h1-5,10-11H,6-9,12-13H2. The monoisotopic (exact) mass is 324 g/mol. The molecule has 2 heterocycles. The fourth-order valence-electron chi connectivity index (χ4n) is 2.83. The molecule has 0 atom stereocenters. The molecule has 0 N–H and O–H groups in total. The molecule has 0 saturated carbocycles. The molecule has 1 aromatic carbocycles. The molecule has 0 unspecified atom stereocenters. The van der Waals surface area contributed by atoms with Gasteiger partial charge in [0.1, 0.15) is 5.76 Å². The largest absolute Gasteiger partial charge is 0.468 e. The summed E-state index contributed by atoms with van der Waals surface area (Å²) in [7, 11) is 0. The number of halogens is 3. The zero-order valence-corrected chi connectivity index (χ0v) is 12.7. The van der Waals surface area contributed by atoms with E-state index in [9.17, 15) is 13.2 Å². The molecule has 2 aromatic rings. The molecule has 0 radical (unpaired) electrons. The first-order chi connectivity index (χ1) is 11.0. The number of hydrogen-bond acceptors (Lipinski definition) is 3. The van der Waals surface area contributed by atoms with Crippen molar-refractivity contribution in [3.8, 4) is 0 Å². The Morgan fingerprint density at radius 3 is 2.22 bits per heavy atom. The minimum atomic E-state index is -4.28. The Kier molecular flexibility index (Phi) is 4.73. The molecule has 1 saturated heterocycles. The Labute approximate surface area is 133 Å². The van der Waals surface area contributed by atoms with E-state index in [-0.39, 0.29) is 0 Å². The third kappa shape index (κ3) is 4.36. The van der Waals surface area contributed by atoms with Crippen LogP contribution in [-0.4, -0.2) is 36.0 Å². The van der Waals surface area contributed by atoms with E-state index in [2.05, 4.69) is 9.80 Å². The first-order valence-corrected chi connectivity index (χ1v) is 7.64. The number of hydrogen-bond donors (Lipinski definition) is 0. The highest BCUT2D eigenvalue weighted by Gasteiger charge is 2.30. The van der Waals surface area contributed by atoms with Crippen LogP contribution in [0.5, 0.6) is 0 Å². The van der Waals surface area contributed by atoms with Crippen LogP contribution >= 0.6 is 0 Å². The molecule has 0 aliphatic carbocycles. The summed E-state index contributed by atoms with van der Waals surface area (Å²) in [5.41, 5.74) is 0.130. The minimum absolute atomic E-state index is 0.554. The van der Waals surface area contributed by atoms with Gasteiger partial charge in [0.25, 0.3) is 0 Å². The van der Waals surface area contributed by atoms with Crippen molar-refractivity contribution in [2.24, 2.45) is 0 Å². The summed E-state index contributed by atoms with van der Waals surface area (Å²) < 4.78 is 43.6. The average Bonchev–Trinajstić information content (AvgIpc) is 3.02. The summed E-state index contributed by atoms with van der Waals surface area (Å²) in [5, 5.41) is 0. The second-order valence-electron chi connectivity index (χ2n) is 5.83. The van der Waals surface area contributed by atoms with Crippen LogP contribution in [0.25, 0.3) is 0 Å². The van der Waals surface area contributed by atoms with Gasteiger partial charge in [-0.05, 0) is 23.8 Å². The Hall–Kier alpha value is -1.79. The van der Waals surface area contributed by atoms with Crippen molar-refractivity contribution < 1.29 is 17.6 Å². The lowest BCUT2D eigenvalue weighted by molar-refractivity contribution is -0.137. The van der Waals surface area contributed by atoms with E-state index in [0.717, 1.165) is 44.6 Å². The van der Waals surface area contributed by atoms with Crippen molar-refractivity contribution in [3.63, 3.8) is 0 Å². The van der Waals surface area contributed by atoms with Gasteiger partial charge in [0.2, 0.25) is 0 Å². The van der Waals surface area contributed by atoms with Gasteiger partial charge in [-0.1, -0.05) is 18.2 Å². The van der Waals surface area contributed by atoms with E-state index in [4.69, 9.17) is 4.42 Å². The normalized spacial score (nSPS) is 17.5. The fraction of sp³-hybridized carbons (Fsp3) is 0.412. The molecule has 3 nitrogen and oxygen atoms in total. The van der Waals surface area contributed by atoms with Gasteiger partial charge in [0, 0.05) is 32.7 Å². The molecule has 0 spiro atoms. The molecule has 1 aliphatic heterocycles. The number of piperazine rings is 1. The third-order valence-corrected chi connectivity index (χ3v) is 4.08. The summed E-state index contributed by atoms with van der Waals surface area (Å²) in [5.74, 6) is 0.941. The van der Waals surface area contributed by atoms with Gasteiger partial charge in [0.15, 0.2) is 0 Å². The van der Waals surface area contributed by atoms with Gasteiger partial charge in [-0.15, -0.1) is 0 Å². The fourth-order valence-corrected chi connectivity index (χ4v) is 2.83. The Morgan fingerprint density at radius 2 is 1.61 bits per heavy atom. The molecular formula is C17H19F3N2O. The summed E-state index contributed by atoms with van der Waals surface area (Å²) in [6.07, 6.45) is -2.61. The molecule has 23 heavy (non-hydrogen) atoms. The smallest absolute Gasteiger partial charge is 0.416 e. The molecule has 1 aliphatic rings. The predicted molar refractivity (Wildman–Crippen MR) is 80.7 cm³/mol. The molecule has 1 fully saturated rings. The van der Waals surface area contributed by atoms with Gasteiger partial charge in [0.05, 0.1) is 18.4 Å². The van der Waals surface area contributed by atoms with Crippen LogP contribution in [-0.2, 0) is 19.3 Å². The molecule has 124 valence electrons. The topological polar surface area (TPSA) is 19.6 Å². The van der Waals surface area contributed by atoms with Gasteiger partial charge in [-0.2, -0.15) is 13.2 Å². The number of furan rings is 1. The summed E-state index contributed by atoms with van der Waals surface area (Å²) in [6.45, 7) is 4.80. The van der Waals surface area contributed by atoms with Crippen molar-refractivity contribution in [1.29, 1.82) is 0 Å². The first kappa shape index (κ1) is 16.1. The van der Waals surface area contributed by atoms with Crippen molar-refractivity contribution in [1.82, 2.24) is 9.80 Å². The van der Waals surface area contributed by atoms with Crippen LogP contribution < -0.4 is 0 Å². The lowest BCUT2D eigenvalue weighted by atomic mass is 10.1. The van der Waals surface area contributed by atoms with Gasteiger partial charge in [-0.3, -0.25) is 9.80 Å². The van der Waals surface area contributed by atoms with Crippen molar-refractivity contribution in [2.75, 3.05) is 26.2 Å². The highest BCUT2D eigenvalue weighted by Crippen LogP contribution is 2.29. The molecular weight excluding hydrogens is 305 g/mol. The maximum atomic E-state index is 12.7. The van der Waals surface area contributed by atoms with Crippen LogP contribution in [0.15, 0.2) is 47.1 Å². The number of rotatable bonds is 4. The van der Waals surface area contributed by atoms with Gasteiger partial charge in [-0.25, -0.2) is 0 Å². The molecule has 0 amide bonds. The van der Waals surface area contributed by atoms with Crippen LogP contribution in [0.1, 0.15) is 16.9 Å². The maximum Gasteiger partial charge on any atom is 0.416 e. The van der Waals surface area contributed by atoms with E-state index in [1.54, 1.807) is 12.3 Å². The second kappa shape index (κ2) is 6.76. The van der Waals surface area contributed by atoms with Gasteiger partial charge >= 0.3 is 6.18 Å². The van der Waals surface area contributed by atoms with Crippen molar-refractivity contribution in [2.45, 2.75) is 19.3 Å². The Bertz CT molecular complexity index is 617. The molecule has 1 aromatic heterocycles. The second-order valence-corrected chi connectivity index (χ2v) is 5.83. The van der Waals surface area contributed by atoms with E-state index >= 15 is 0 Å². The number of nitrogens with zero attached hydrogens (tertiary/aromatic N) is 2. The summed E-state index contributed by atoms with van der Waals surface area (Å²) in [6, 6.07) is 9.42. The van der Waals surface area contributed by atoms with Crippen molar-refractivity contribution in [3.05, 3.63) is 59.5 Å². The zero-order chi connectivity index (χ0) is 16.3. The van der Waals surface area contributed by atoms with Crippen molar-refractivity contribution >= 4 is 0 Å². The highest BCUT2D eigenvalue weighted by atomic mass is 19.4. The van der Waals surface area contributed by atoms with Crippen LogP contribution in [0.4, 0.5) is 13.2 Å². The molecule has 3 rings (SSSR count). The zero-order valence-electron chi connectivity index (χ0n) is 12.7. The van der Waals surface area contributed by atoms with Crippen LogP contribution in [0, 0.1) is 0 Å². The van der Waals surface area contributed by atoms with Gasteiger partial charge < -0.3 is 4.42 Å². The maximum absolute atomic E-state index is 12.7. The van der Waals surface area contributed by atoms with E-state index in [0.29, 0.717) is 12.1 Å². The summed E-state index contributed by atoms with van der Waals surface area (Å²) >= 11 is 0. The van der Waals surface area contributed by atoms with Crippen LogP contribution in [0.2, 0.25) is 0 Å². The average molecular weight is 324 g/mol. The third-order valence-electron chi connectivity index (χ3n) is 4.08. The minimum Gasteiger partial charge on any atom is -0.468 e. The number of alkyl halides is 3. The lowest BCUT2D eigenvalue weighted by Gasteiger charge is -2.34. The quantitative estimate of drug-likeness (QED) is 0.856. The van der Waals surface area contributed by atoms with E-state index in [1.807, 2.05) is 12.1 Å². The molecule has 0 bridgehead atoms. The van der Waals surface area contributed by atoms with E-state index in [1.165, 1.54) is 12.1 Å². The highest BCUT2D eigenvalue weighted by molar-refractivity contribution is 5.25. The first-order valence-electron chi connectivity index (χ1n) is 7.64.